The van der Waals surface area contributed by atoms with Gasteiger partial charge in [-0.1, -0.05) is 5.16 Å². The van der Waals surface area contributed by atoms with Crippen molar-refractivity contribution in [2.24, 2.45) is 5.16 Å². The molecule has 0 aliphatic rings. The lowest BCUT2D eigenvalue weighted by molar-refractivity contribution is -0.117. The van der Waals surface area contributed by atoms with E-state index in [4.69, 9.17) is 0 Å². The van der Waals surface area contributed by atoms with Crippen LogP contribution in [0.15, 0.2) is 5.16 Å². The van der Waals surface area contributed by atoms with Crippen LogP contribution in [0.3, 0.4) is 0 Å². The Morgan fingerprint density at radius 1 is 1.70 bits per heavy atom. The number of carbonyl (C=O) groups excluding carboxylic acids is 1. The van der Waals surface area contributed by atoms with Crippen LogP contribution >= 0.6 is 0 Å². The molecule has 0 saturated heterocycles. The minimum atomic E-state index is 0.228. The summed E-state index contributed by atoms with van der Waals surface area (Å²) < 4.78 is 0. The fourth-order valence-corrected chi connectivity index (χ4v) is 0.570. The Labute approximate surface area is 61.1 Å². The van der Waals surface area contributed by atoms with Gasteiger partial charge in [-0.3, -0.25) is 0 Å². The van der Waals surface area contributed by atoms with Crippen LogP contribution in [0.4, 0.5) is 0 Å². The zero-order chi connectivity index (χ0) is 7.82. The van der Waals surface area contributed by atoms with Crippen molar-refractivity contribution in [3.05, 3.63) is 0 Å². The number of hydrogen-bond acceptors (Lipinski definition) is 3. The molecule has 0 rings (SSSR count). The van der Waals surface area contributed by atoms with E-state index in [0.717, 1.165) is 12.8 Å². The van der Waals surface area contributed by atoms with E-state index >= 15 is 0 Å². The number of unbranched alkanes of at least 4 members (excludes halogenated alkanes) is 1. The summed E-state index contributed by atoms with van der Waals surface area (Å²) in [6.45, 7) is 1.59. The molecule has 0 heterocycles. The molecule has 3 heteroatoms. The lowest BCUT2D eigenvalue weighted by atomic mass is 10.2. The molecule has 58 valence electrons. The quantitative estimate of drug-likeness (QED) is 0.331. The molecule has 0 fully saturated rings. The van der Waals surface area contributed by atoms with Crippen LogP contribution in [0.2, 0.25) is 0 Å². The molecule has 0 saturated carbocycles. The molecule has 0 N–H and O–H groups in total. The average Bonchev–Trinajstić information content (AvgIpc) is 1.87. The number of ketones is 1. The minimum Gasteiger partial charge on any atom is -0.399 e. The normalized spacial score (nSPS) is 10.2. The van der Waals surface area contributed by atoms with Crippen molar-refractivity contribution in [2.75, 3.05) is 7.11 Å². The van der Waals surface area contributed by atoms with Gasteiger partial charge in [0, 0.05) is 12.6 Å². The number of carbonyl (C=O) groups is 1. The fourth-order valence-electron chi connectivity index (χ4n) is 0.570. The third-order valence-electron chi connectivity index (χ3n) is 1.04. The number of Topliss-reactive ketones (excluding diaryl/α,β-unsaturated/α-hetero) is 1. The van der Waals surface area contributed by atoms with Crippen LogP contribution in [0.25, 0.3) is 0 Å². The van der Waals surface area contributed by atoms with Gasteiger partial charge in [0.2, 0.25) is 0 Å². The second-order valence-electron chi connectivity index (χ2n) is 2.06. The highest BCUT2D eigenvalue weighted by atomic mass is 16.6. The summed E-state index contributed by atoms with van der Waals surface area (Å²) in [4.78, 5) is 14.8. The molecule has 0 aromatic carbocycles. The van der Waals surface area contributed by atoms with E-state index in [2.05, 4.69) is 9.99 Å². The van der Waals surface area contributed by atoms with Gasteiger partial charge in [-0.2, -0.15) is 0 Å². The predicted octanol–water partition coefficient (Wildman–Crippen LogP) is 1.38. The predicted molar refractivity (Wildman–Crippen MR) is 40.0 cm³/mol. The van der Waals surface area contributed by atoms with Gasteiger partial charge in [0.15, 0.2) is 0 Å². The van der Waals surface area contributed by atoms with Crippen LogP contribution in [0, 0.1) is 0 Å². The Kier molecular flexibility index (Phi) is 5.72. The third-order valence-corrected chi connectivity index (χ3v) is 1.04. The zero-order valence-electron chi connectivity index (χ0n) is 6.46. The summed E-state index contributed by atoms with van der Waals surface area (Å²) in [5.41, 5.74) is 0. The summed E-state index contributed by atoms with van der Waals surface area (Å²) in [7, 11) is 1.50. The molecular weight excluding hydrogens is 130 g/mol. The Balaban J connectivity index is 3.05. The van der Waals surface area contributed by atoms with Crippen LogP contribution in [-0.2, 0) is 9.63 Å². The maximum atomic E-state index is 10.4. The van der Waals surface area contributed by atoms with Crippen LogP contribution in [0.5, 0.6) is 0 Å². The molecule has 0 bridgehead atoms. The first kappa shape index (κ1) is 9.14. The van der Waals surface area contributed by atoms with Crippen LogP contribution < -0.4 is 0 Å². The Morgan fingerprint density at radius 3 is 2.90 bits per heavy atom. The first-order chi connectivity index (χ1) is 4.77. The lowest BCUT2D eigenvalue weighted by Crippen LogP contribution is -1.89. The van der Waals surface area contributed by atoms with Crippen LogP contribution in [-0.4, -0.2) is 19.1 Å². The lowest BCUT2D eigenvalue weighted by Gasteiger charge is -1.89. The first-order valence-electron chi connectivity index (χ1n) is 3.31. The second kappa shape index (κ2) is 6.26. The fraction of sp³-hybridized carbons (Fsp3) is 0.714. The molecule has 0 radical (unpaired) electrons. The molecule has 0 amide bonds. The van der Waals surface area contributed by atoms with Gasteiger partial charge < -0.3 is 9.63 Å². The number of oxime groups is 1. The number of rotatable bonds is 5. The van der Waals surface area contributed by atoms with Gasteiger partial charge in [-0.25, -0.2) is 0 Å². The first-order valence-corrected chi connectivity index (χ1v) is 3.31. The Hall–Kier alpha value is -0.860. The van der Waals surface area contributed by atoms with Gasteiger partial charge in [0.25, 0.3) is 0 Å². The standard InChI is InChI=1S/C7H13NO2/c1-7(9)5-3-4-6-8-10-2/h6H,3-5H2,1-2H3/b8-6+. The molecule has 0 aromatic rings. The topological polar surface area (TPSA) is 38.7 Å². The molecular formula is C7H13NO2. The third kappa shape index (κ3) is 7.14. The van der Waals surface area contributed by atoms with Crippen molar-refractivity contribution < 1.29 is 9.63 Å². The van der Waals surface area contributed by atoms with Gasteiger partial charge in [0.1, 0.15) is 12.9 Å². The van der Waals surface area contributed by atoms with Gasteiger partial charge in [-0.05, 0) is 19.8 Å². The Bertz CT molecular complexity index is 121. The van der Waals surface area contributed by atoms with Gasteiger partial charge >= 0.3 is 0 Å². The molecule has 0 spiro atoms. The van der Waals surface area contributed by atoms with Gasteiger partial charge in [0.05, 0.1) is 0 Å². The second-order valence-corrected chi connectivity index (χ2v) is 2.06. The van der Waals surface area contributed by atoms with Crippen molar-refractivity contribution in [3.8, 4) is 0 Å². The van der Waals surface area contributed by atoms with Crippen molar-refractivity contribution in [1.82, 2.24) is 0 Å². The van der Waals surface area contributed by atoms with E-state index in [1.54, 1.807) is 13.1 Å². The van der Waals surface area contributed by atoms with E-state index in [-0.39, 0.29) is 5.78 Å². The Morgan fingerprint density at radius 2 is 2.40 bits per heavy atom. The molecule has 0 aliphatic heterocycles. The summed E-state index contributed by atoms with van der Waals surface area (Å²) in [6.07, 6.45) is 3.98. The summed E-state index contributed by atoms with van der Waals surface area (Å²) >= 11 is 0. The molecule has 0 aliphatic carbocycles. The minimum absolute atomic E-state index is 0.228. The summed E-state index contributed by atoms with van der Waals surface area (Å²) in [5, 5.41) is 3.53. The van der Waals surface area contributed by atoms with E-state index in [0.29, 0.717) is 6.42 Å². The monoisotopic (exact) mass is 143 g/mol. The van der Waals surface area contributed by atoms with Crippen molar-refractivity contribution in [2.45, 2.75) is 26.2 Å². The summed E-state index contributed by atoms with van der Waals surface area (Å²) in [5.74, 6) is 0.228. The van der Waals surface area contributed by atoms with Gasteiger partial charge in [-0.15, -0.1) is 0 Å². The van der Waals surface area contributed by atoms with Crippen LogP contribution in [0.1, 0.15) is 26.2 Å². The highest BCUT2D eigenvalue weighted by molar-refractivity contribution is 5.75. The van der Waals surface area contributed by atoms with Crippen molar-refractivity contribution in [1.29, 1.82) is 0 Å². The average molecular weight is 143 g/mol. The zero-order valence-corrected chi connectivity index (χ0v) is 6.46. The molecule has 10 heavy (non-hydrogen) atoms. The largest absolute Gasteiger partial charge is 0.399 e. The molecule has 0 atom stereocenters. The molecule has 3 nitrogen and oxygen atoms in total. The van der Waals surface area contributed by atoms with E-state index in [9.17, 15) is 4.79 Å². The van der Waals surface area contributed by atoms with E-state index < -0.39 is 0 Å². The number of hydrogen-bond donors (Lipinski definition) is 0. The van der Waals surface area contributed by atoms with Crippen molar-refractivity contribution in [3.63, 3.8) is 0 Å². The molecule has 0 aromatic heterocycles. The summed E-state index contributed by atoms with van der Waals surface area (Å²) in [6, 6.07) is 0. The SMILES string of the molecule is CO/N=C/CCCC(C)=O. The van der Waals surface area contributed by atoms with E-state index in [1.165, 1.54) is 7.11 Å². The maximum Gasteiger partial charge on any atom is 0.129 e. The highest BCUT2D eigenvalue weighted by Crippen LogP contribution is 1.93. The van der Waals surface area contributed by atoms with E-state index in [1.807, 2.05) is 0 Å². The highest BCUT2D eigenvalue weighted by Gasteiger charge is 1.90. The van der Waals surface area contributed by atoms with Crippen molar-refractivity contribution >= 4 is 12.0 Å². The molecule has 0 unspecified atom stereocenters. The maximum absolute atomic E-state index is 10.4. The number of nitrogens with zero attached hydrogens (tertiary/aromatic N) is 1. The smallest absolute Gasteiger partial charge is 0.129 e.